The van der Waals surface area contributed by atoms with Crippen molar-refractivity contribution in [2.45, 2.75) is 19.4 Å². The summed E-state index contributed by atoms with van der Waals surface area (Å²) in [5.74, 6) is -0.469. The van der Waals surface area contributed by atoms with E-state index in [2.05, 4.69) is 6.92 Å². The van der Waals surface area contributed by atoms with Crippen molar-refractivity contribution in [1.82, 2.24) is 0 Å². The van der Waals surface area contributed by atoms with Crippen molar-refractivity contribution in [3.05, 3.63) is 0 Å². The molecule has 1 aliphatic heterocycles. The van der Waals surface area contributed by atoms with Crippen molar-refractivity contribution in [2.75, 3.05) is 19.0 Å². The molecule has 74 valence electrons. The molecule has 1 atom stereocenters. The molecule has 7 heteroatoms. The van der Waals surface area contributed by atoms with Gasteiger partial charge in [0.25, 0.3) is 0 Å². The third-order valence-corrected chi connectivity index (χ3v) is 1.84. The van der Waals surface area contributed by atoms with Gasteiger partial charge in [0.1, 0.15) is 0 Å². The molecule has 0 bridgehead atoms. The van der Waals surface area contributed by atoms with Crippen LogP contribution in [0.5, 0.6) is 0 Å². The van der Waals surface area contributed by atoms with Crippen LogP contribution in [-0.2, 0) is 14.9 Å². The van der Waals surface area contributed by atoms with E-state index in [9.17, 15) is 13.0 Å². The second-order valence-corrected chi connectivity index (χ2v) is 4.01. The van der Waals surface area contributed by atoms with Crippen LogP contribution in [-0.4, -0.2) is 43.1 Å². The molecule has 0 amide bonds. The second kappa shape index (κ2) is 8.16. The zero-order valence-electron chi connectivity index (χ0n) is 7.89. The second-order valence-electron chi connectivity index (χ2n) is 2.48. The van der Waals surface area contributed by atoms with E-state index in [0.29, 0.717) is 6.10 Å². The van der Waals surface area contributed by atoms with Crippen LogP contribution in [0.2, 0.25) is 0 Å². The summed E-state index contributed by atoms with van der Waals surface area (Å²) in [5, 5.41) is 8.03. The first-order valence-electron chi connectivity index (χ1n) is 3.61. The van der Waals surface area contributed by atoms with Gasteiger partial charge >= 0.3 is 29.6 Å². The van der Waals surface area contributed by atoms with Crippen molar-refractivity contribution >= 4 is 10.1 Å². The predicted octanol–water partition coefficient (Wildman–Crippen LogP) is -3.68. The van der Waals surface area contributed by atoms with E-state index in [4.69, 9.17) is 9.84 Å². The maximum Gasteiger partial charge on any atom is 1.00 e. The minimum atomic E-state index is -4.10. The maximum absolute atomic E-state index is 9.72. The molecule has 0 aromatic rings. The van der Waals surface area contributed by atoms with Gasteiger partial charge in [-0.25, -0.2) is 8.42 Å². The number of hydrogen-bond donors (Lipinski definition) is 1. The third-order valence-electron chi connectivity index (χ3n) is 1.05. The van der Waals surface area contributed by atoms with E-state index in [1.165, 1.54) is 0 Å². The monoisotopic (exact) mass is 220 g/mol. The van der Waals surface area contributed by atoms with Gasteiger partial charge in [-0.05, 0) is 13.3 Å². The Morgan fingerprint density at radius 3 is 2.08 bits per heavy atom. The van der Waals surface area contributed by atoms with Gasteiger partial charge < -0.3 is 14.4 Å². The van der Waals surface area contributed by atoms with Gasteiger partial charge in [0, 0.05) is 12.4 Å². The third kappa shape index (κ3) is 19.3. The Morgan fingerprint density at radius 1 is 1.62 bits per heavy atom. The number of hydrogen-bond acceptors (Lipinski definition) is 5. The summed E-state index contributed by atoms with van der Waals surface area (Å²) in [6, 6.07) is 0. The smallest absolute Gasteiger partial charge is 0.748 e. The molecule has 1 unspecified atom stereocenters. The summed E-state index contributed by atoms with van der Waals surface area (Å²) in [7, 11) is -4.10. The van der Waals surface area contributed by atoms with Gasteiger partial charge in [0.15, 0.2) is 0 Å². The summed E-state index contributed by atoms with van der Waals surface area (Å²) in [5.41, 5.74) is 0. The van der Waals surface area contributed by atoms with Gasteiger partial charge in [-0.3, -0.25) is 0 Å². The fraction of sp³-hybridized carbons (Fsp3) is 1.00. The molecule has 0 saturated carbocycles. The minimum absolute atomic E-state index is 0. The van der Waals surface area contributed by atoms with E-state index in [1.54, 1.807) is 0 Å². The quantitative estimate of drug-likeness (QED) is 0.300. The summed E-state index contributed by atoms with van der Waals surface area (Å²) >= 11 is 0. The Balaban J connectivity index is 0. The molecule has 5 nitrogen and oxygen atoms in total. The van der Waals surface area contributed by atoms with Crippen molar-refractivity contribution in [1.29, 1.82) is 0 Å². The average Bonchev–Trinajstić information content (AvgIpc) is 2.67. The van der Waals surface area contributed by atoms with Crippen LogP contribution in [0, 0.1) is 0 Å². The van der Waals surface area contributed by atoms with Crippen molar-refractivity contribution in [3.8, 4) is 0 Å². The molecule has 0 aromatic heterocycles. The molecule has 0 radical (unpaired) electrons. The topological polar surface area (TPSA) is 90.0 Å². The van der Waals surface area contributed by atoms with Crippen LogP contribution in [0.4, 0.5) is 0 Å². The fourth-order valence-corrected chi connectivity index (χ4v) is 0.820. The minimum Gasteiger partial charge on any atom is -0.748 e. The van der Waals surface area contributed by atoms with Crippen LogP contribution >= 0.6 is 0 Å². The van der Waals surface area contributed by atoms with E-state index >= 15 is 0 Å². The largest absolute Gasteiger partial charge is 1.00 e. The summed E-state index contributed by atoms with van der Waals surface area (Å²) < 4.78 is 33.9. The number of ether oxygens (including phenoxy) is 1. The van der Waals surface area contributed by atoms with Crippen molar-refractivity contribution < 1.29 is 52.4 Å². The summed E-state index contributed by atoms with van der Waals surface area (Å²) in [6.45, 7) is 2.79. The first-order valence-corrected chi connectivity index (χ1v) is 5.19. The van der Waals surface area contributed by atoms with Crippen LogP contribution in [0.25, 0.3) is 0 Å². The molecule has 0 spiro atoms. The fourth-order valence-electron chi connectivity index (χ4n) is 0.338. The molecular weight excluding hydrogens is 207 g/mol. The van der Waals surface area contributed by atoms with Gasteiger partial charge in [0.2, 0.25) is 0 Å². The molecule has 1 fully saturated rings. The van der Waals surface area contributed by atoms with Gasteiger partial charge in [-0.1, -0.05) is 0 Å². The molecular formula is C6H13NaO5S. The Hall–Kier alpha value is 0.830. The summed E-state index contributed by atoms with van der Waals surface area (Å²) in [4.78, 5) is 0. The number of aliphatic hydroxyl groups is 1. The molecule has 1 rings (SSSR count). The van der Waals surface area contributed by atoms with Crippen molar-refractivity contribution in [3.63, 3.8) is 0 Å². The SMILES string of the molecule is CC1CO1.O=S(=O)([O-])CCCO.[Na+]. The molecule has 1 N–H and O–H groups in total. The average molecular weight is 220 g/mol. The van der Waals surface area contributed by atoms with E-state index in [0.717, 1.165) is 6.61 Å². The first kappa shape index (κ1) is 16.3. The van der Waals surface area contributed by atoms with E-state index in [1.807, 2.05) is 0 Å². The standard InChI is InChI=1S/C3H8O4S.C3H6O.Na/c4-2-1-3-8(5,6)7;1-3-2-4-3;/h4H,1-3H2,(H,5,6,7);3H,2H2,1H3;/q;;+1/p-1. The maximum atomic E-state index is 9.72. The first-order chi connectivity index (χ1) is 5.45. The normalized spacial score (nSPS) is 19.5. The van der Waals surface area contributed by atoms with Crippen molar-refractivity contribution in [2.24, 2.45) is 0 Å². The van der Waals surface area contributed by atoms with Gasteiger partial charge in [0.05, 0.1) is 22.8 Å². The zero-order chi connectivity index (χ0) is 9.61. The van der Waals surface area contributed by atoms with Crippen LogP contribution < -0.4 is 29.6 Å². The van der Waals surface area contributed by atoms with Crippen LogP contribution in [0.1, 0.15) is 13.3 Å². The Kier molecular flexibility index (Phi) is 10.2. The number of aliphatic hydroxyl groups excluding tert-OH is 1. The Labute approximate surface area is 101 Å². The van der Waals surface area contributed by atoms with Crippen LogP contribution in [0.3, 0.4) is 0 Å². The number of rotatable bonds is 3. The molecule has 1 saturated heterocycles. The molecule has 1 aliphatic rings. The predicted molar refractivity (Wildman–Crippen MR) is 41.7 cm³/mol. The molecule has 0 aromatic carbocycles. The van der Waals surface area contributed by atoms with Gasteiger partial charge in [-0.15, -0.1) is 0 Å². The molecule has 0 aliphatic carbocycles. The zero-order valence-corrected chi connectivity index (χ0v) is 10.7. The number of epoxide rings is 1. The summed E-state index contributed by atoms with van der Waals surface area (Å²) in [6.07, 6.45) is 0.617. The van der Waals surface area contributed by atoms with Gasteiger partial charge in [-0.2, -0.15) is 0 Å². The van der Waals surface area contributed by atoms with E-state index in [-0.39, 0.29) is 42.6 Å². The Morgan fingerprint density at radius 2 is 2.00 bits per heavy atom. The molecule has 1 heterocycles. The van der Waals surface area contributed by atoms with E-state index < -0.39 is 15.9 Å². The van der Waals surface area contributed by atoms with Crippen LogP contribution in [0.15, 0.2) is 0 Å². The Bertz CT molecular complexity index is 199. The molecule has 13 heavy (non-hydrogen) atoms.